The van der Waals surface area contributed by atoms with Crippen molar-refractivity contribution in [2.45, 2.75) is 13.3 Å². The fraction of sp³-hybridized carbons (Fsp3) is 0.250. The van der Waals surface area contributed by atoms with E-state index in [-0.39, 0.29) is 6.79 Å². The number of hydrogen-bond acceptors (Lipinski definition) is 4. The first-order chi connectivity index (χ1) is 11.7. The van der Waals surface area contributed by atoms with Gasteiger partial charge in [-0.1, -0.05) is 43.3 Å². The van der Waals surface area contributed by atoms with E-state index in [1.165, 1.54) is 13.2 Å². The molecule has 0 atom stereocenters. The molecule has 0 aromatic heterocycles. The zero-order chi connectivity index (χ0) is 17.4. The number of ether oxygens (including phenoxy) is 3. The topological polar surface area (TPSA) is 44.8 Å². The Balaban J connectivity index is 2.60. The molecule has 4 nitrogen and oxygen atoms in total. The van der Waals surface area contributed by atoms with Crippen LogP contribution >= 0.6 is 0 Å². The predicted octanol–water partition coefficient (Wildman–Crippen LogP) is 3.84. The van der Waals surface area contributed by atoms with Gasteiger partial charge in [-0.15, -0.1) is 0 Å². The van der Waals surface area contributed by atoms with E-state index < -0.39 is 5.97 Å². The number of carbonyl (C=O) groups is 1. The molecule has 0 amide bonds. The summed E-state index contributed by atoms with van der Waals surface area (Å²) >= 11 is 0. The molecule has 0 bridgehead atoms. The zero-order valence-corrected chi connectivity index (χ0v) is 14.2. The van der Waals surface area contributed by atoms with Crippen molar-refractivity contribution >= 4 is 11.5 Å². The van der Waals surface area contributed by atoms with Crippen LogP contribution in [0.5, 0.6) is 5.75 Å². The summed E-state index contributed by atoms with van der Waals surface area (Å²) in [7, 11) is 2.94. The number of benzene rings is 2. The van der Waals surface area contributed by atoms with Gasteiger partial charge in [-0.2, -0.15) is 0 Å². The molecule has 0 radical (unpaired) electrons. The summed E-state index contributed by atoms with van der Waals surface area (Å²) in [6, 6.07) is 15.6. The van der Waals surface area contributed by atoms with Gasteiger partial charge >= 0.3 is 5.97 Å². The van der Waals surface area contributed by atoms with E-state index in [0.29, 0.717) is 5.75 Å². The summed E-state index contributed by atoms with van der Waals surface area (Å²) in [4.78, 5) is 11.9. The third-order valence-corrected chi connectivity index (χ3v) is 3.62. The molecule has 0 saturated carbocycles. The van der Waals surface area contributed by atoms with Crippen molar-refractivity contribution in [1.29, 1.82) is 0 Å². The molecule has 126 valence electrons. The molecule has 2 rings (SSSR count). The third-order valence-electron chi connectivity index (χ3n) is 3.62. The Morgan fingerprint density at radius 1 is 1.08 bits per heavy atom. The quantitative estimate of drug-likeness (QED) is 0.440. The zero-order valence-electron chi connectivity index (χ0n) is 14.2. The van der Waals surface area contributed by atoms with Crippen LogP contribution in [0, 0.1) is 0 Å². The average Bonchev–Trinajstić information content (AvgIpc) is 2.64. The summed E-state index contributed by atoms with van der Waals surface area (Å²) in [6.45, 7) is 2.22. The number of methoxy groups -OCH3 is 2. The summed E-state index contributed by atoms with van der Waals surface area (Å²) in [5.41, 5.74) is 3.66. The van der Waals surface area contributed by atoms with Gasteiger partial charge in [0.1, 0.15) is 5.75 Å². The fourth-order valence-electron chi connectivity index (χ4n) is 2.37. The van der Waals surface area contributed by atoms with E-state index in [4.69, 9.17) is 14.2 Å². The standard InChI is InChI=1S/C20H22O4/c1-4-15-10-11-19(24-14-22-2)18(12-15)17(13-20(21)23-3)16-8-6-5-7-9-16/h5-13H,4,14H2,1-3H3/b17-13+. The van der Waals surface area contributed by atoms with Crippen LogP contribution in [0.4, 0.5) is 0 Å². The van der Waals surface area contributed by atoms with Gasteiger partial charge in [0.05, 0.1) is 7.11 Å². The SMILES string of the molecule is CCc1ccc(OCOC)c(/C(=C/C(=O)OC)c2ccccc2)c1. The minimum atomic E-state index is -0.409. The number of rotatable bonds is 7. The van der Waals surface area contributed by atoms with E-state index in [0.717, 1.165) is 28.7 Å². The smallest absolute Gasteiger partial charge is 0.331 e. The second-order valence-corrected chi connectivity index (χ2v) is 5.18. The van der Waals surface area contributed by atoms with Gasteiger partial charge in [-0.3, -0.25) is 0 Å². The largest absolute Gasteiger partial charge is 0.467 e. The highest BCUT2D eigenvalue weighted by Gasteiger charge is 2.14. The summed E-state index contributed by atoms with van der Waals surface area (Å²) in [6.07, 6.45) is 2.38. The Morgan fingerprint density at radius 3 is 2.46 bits per heavy atom. The maximum absolute atomic E-state index is 11.9. The highest BCUT2D eigenvalue weighted by Crippen LogP contribution is 2.32. The van der Waals surface area contributed by atoms with Crippen LogP contribution in [0.3, 0.4) is 0 Å². The van der Waals surface area contributed by atoms with Crippen molar-refractivity contribution in [3.63, 3.8) is 0 Å². The second kappa shape index (κ2) is 8.89. The van der Waals surface area contributed by atoms with Gasteiger partial charge in [0.15, 0.2) is 6.79 Å². The van der Waals surface area contributed by atoms with E-state index in [2.05, 4.69) is 6.92 Å². The molecule has 2 aromatic rings. The van der Waals surface area contributed by atoms with Crippen LogP contribution in [0.25, 0.3) is 5.57 Å². The van der Waals surface area contributed by atoms with Crippen LogP contribution in [0.15, 0.2) is 54.6 Å². The lowest BCUT2D eigenvalue weighted by Gasteiger charge is -2.15. The first-order valence-corrected chi connectivity index (χ1v) is 7.79. The fourth-order valence-corrected chi connectivity index (χ4v) is 2.37. The van der Waals surface area contributed by atoms with Crippen LogP contribution in [-0.2, 0) is 20.7 Å². The van der Waals surface area contributed by atoms with Gasteiger partial charge < -0.3 is 14.2 Å². The van der Waals surface area contributed by atoms with Crippen molar-refractivity contribution in [2.24, 2.45) is 0 Å². The summed E-state index contributed by atoms with van der Waals surface area (Å²) in [5.74, 6) is 0.251. The monoisotopic (exact) mass is 326 g/mol. The molecule has 0 N–H and O–H groups in total. The van der Waals surface area contributed by atoms with Crippen molar-refractivity contribution in [2.75, 3.05) is 21.0 Å². The number of aryl methyl sites for hydroxylation is 1. The van der Waals surface area contributed by atoms with E-state index in [1.54, 1.807) is 7.11 Å². The Morgan fingerprint density at radius 2 is 1.83 bits per heavy atom. The molecule has 4 heteroatoms. The molecular weight excluding hydrogens is 304 g/mol. The molecule has 0 aliphatic carbocycles. The number of esters is 1. The minimum Gasteiger partial charge on any atom is -0.467 e. The van der Waals surface area contributed by atoms with Crippen LogP contribution in [0.2, 0.25) is 0 Å². The molecule has 0 aliphatic rings. The molecule has 0 aliphatic heterocycles. The Labute approximate surface area is 142 Å². The first-order valence-electron chi connectivity index (χ1n) is 7.79. The number of hydrogen-bond donors (Lipinski definition) is 0. The Hall–Kier alpha value is -2.59. The predicted molar refractivity (Wildman–Crippen MR) is 93.9 cm³/mol. The first kappa shape index (κ1) is 17.8. The second-order valence-electron chi connectivity index (χ2n) is 5.18. The van der Waals surface area contributed by atoms with Crippen molar-refractivity contribution in [3.8, 4) is 5.75 Å². The van der Waals surface area contributed by atoms with Gasteiger partial charge in [0.25, 0.3) is 0 Å². The van der Waals surface area contributed by atoms with E-state index in [9.17, 15) is 4.79 Å². The molecule has 0 unspecified atom stereocenters. The van der Waals surface area contributed by atoms with E-state index in [1.807, 2.05) is 48.5 Å². The van der Waals surface area contributed by atoms with Crippen molar-refractivity contribution in [1.82, 2.24) is 0 Å². The molecule has 24 heavy (non-hydrogen) atoms. The lowest BCUT2D eigenvalue weighted by atomic mass is 9.94. The molecule has 0 spiro atoms. The molecular formula is C20H22O4. The highest BCUT2D eigenvalue weighted by molar-refractivity contribution is 5.97. The third kappa shape index (κ3) is 4.46. The van der Waals surface area contributed by atoms with Crippen LogP contribution < -0.4 is 4.74 Å². The van der Waals surface area contributed by atoms with Gasteiger partial charge in [-0.25, -0.2) is 4.79 Å². The molecule has 0 saturated heterocycles. The van der Waals surface area contributed by atoms with Crippen LogP contribution in [0.1, 0.15) is 23.6 Å². The van der Waals surface area contributed by atoms with Gasteiger partial charge in [-0.05, 0) is 35.3 Å². The Kier molecular flexibility index (Phi) is 6.58. The molecule has 0 fully saturated rings. The molecule has 2 aromatic carbocycles. The van der Waals surface area contributed by atoms with Crippen molar-refractivity contribution < 1.29 is 19.0 Å². The minimum absolute atomic E-state index is 0.138. The maximum Gasteiger partial charge on any atom is 0.331 e. The number of carbonyl (C=O) groups excluding carboxylic acids is 1. The summed E-state index contributed by atoms with van der Waals surface area (Å²) in [5, 5.41) is 0. The Bertz CT molecular complexity index is 705. The van der Waals surface area contributed by atoms with Gasteiger partial charge in [0.2, 0.25) is 0 Å². The van der Waals surface area contributed by atoms with E-state index >= 15 is 0 Å². The lowest BCUT2D eigenvalue weighted by Crippen LogP contribution is -2.04. The normalized spacial score (nSPS) is 11.2. The highest BCUT2D eigenvalue weighted by atomic mass is 16.7. The van der Waals surface area contributed by atoms with Crippen LogP contribution in [-0.4, -0.2) is 27.0 Å². The lowest BCUT2D eigenvalue weighted by molar-refractivity contribution is -0.134. The van der Waals surface area contributed by atoms with Crippen molar-refractivity contribution in [3.05, 3.63) is 71.3 Å². The average molecular weight is 326 g/mol. The maximum atomic E-state index is 11.9. The summed E-state index contributed by atoms with van der Waals surface area (Å²) < 4.78 is 15.5. The van der Waals surface area contributed by atoms with Gasteiger partial charge in [0, 0.05) is 18.7 Å². The molecule has 0 heterocycles.